The first-order valence-corrected chi connectivity index (χ1v) is 11.9. The van der Waals surface area contributed by atoms with Crippen molar-refractivity contribution < 1.29 is 9.18 Å². The molecule has 2 aromatic carbocycles. The molecule has 0 spiro atoms. The highest BCUT2D eigenvalue weighted by Crippen LogP contribution is 2.30. The molecular weight excluding hydrogens is 443 g/mol. The number of aryl methyl sites for hydroxylation is 2. The van der Waals surface area contributed by atoms with Gasteiger partial charge in [0.25, 0.3) is 0 Å². The highest BCUT2D eigenvalue weighted by molar-refractivity contribution is 8.01. The number of hydrogen-bond donors (Lipinski definition) is 1. The van der Waals surface area contributed by atoms with E-state index >= 15 is 0 Å². The minimum absolute atomic E-state index is 0.0238. The number of nitrogens with zero attached hydrogens (tertiary/aromatic N) is 3. The second-order valence-corrected chi connectivity index (χ2v) is 9.75. The standard InChI is InChI=1S/C24H23FN4OS2/c1-14-6-5-7-21(16(14)3)26-23-27-28-24(32-23)31-13-22(30)20-12-15(2)29(17(20)4)19-10-8-18(25)9-11-19/h5-12H,13H2,1-4H3,(H,26,27). The fraction of sp³-hybridized carbons (Fsp3) is 0.208. The summed E-state index contributed by atoms with van der Waals surface area (Å²) in [5.74, 6) is 0.00863. The van der Waals surface area contributed by atoms with Crippen molar-refractivity contribution >= 4 is 39.7 Å². The molecule has 0 atom stereocenters. The Morgan fingerprint density at radius 2 is 1.84 bits per heavy atom. The van der Waals surface area contributed by atoms with Crippen molar-refractivity contribution in [1.82, 2.24) is 14.8 Å². The molecule has 5 nitrogen and oxygen atoms in total. The van der Waals surface area contributed by atoms with Crippen molar-refractivity contribution in [3.8, 4) is 5.69 Å². The van der Waals surface area contributed by atoms with Crippen LogP contribution in [0, 0.1) is 33.5 Å². The van der Waals surface area contributed by atoms with Crippen LogP contribution < -0.4 is 5.32 Å². The number of nitrogens with one attached hydrogen (secondary N) is 1. The largest absolute Gasteiger partial charge is 0.330 e. The third-order valence-electron chi connectivity index (χ3n) is 5.40. The molecule has 4 aromatic rings. The van der Waals surface area contributed by atoms with E-state index in [0.29, 0.717) is 10.7 Å². The molecule has 32 heavy (non-hydrogen) atoms. The van der Waals surface area contributed by atoms with E-state index in [-0.39, 0.29) is 17.4 Å². The van der Waals surface area contributed by atoms with Gasteiger partial charge in [-0.25, -0.2) is 4.39 Å². The van der Waals surface area contributed by atoms with Crippen LogP contribution in [0.5, 0.6) is 0 Å². The highest BCUT2D eigenvalue weighted by Gasteiger charge is 2.18. The number of carbonyl (C=O) groups excluding carboxylic acids is 1. The number of hydrogen-bond acceptors (Lipinski definition) is 6. The fourth-order valence-electron chi connectivity index (χ4n) is 3.56. The van der Waals surface area contributed by atoms with Gasteiger partial charge in [0.05, 0.1) is 5.75 Å². The lowest BCUT2D eigenvalue weighted by Crippen LogP contribution is -2.05. The third kappa shape index (κ3) is 4.61. The van der Waals surface area contributed by atoms with Gasteiger partial charge in [-0.15, -0.1) is 10.2 Å². The van der Waals surface area contributed by atoms with Gasteiger partial charge in [-0.2, -0.15) is 0 Å². The minimum Gasteiger partial charge on any atom is -0.330 e. The Kier molecular flexibility index (Phi) is 6.43. The van der Waals surface area contributed by atoms with Crippen molar-refractivity contribution in [3.63, 3.8) is 0 Å². The zero-order chi connectivity index (χ0) is 22.8. The van der Waals surface area contributed by atoms with Gasteiger partial charge >= 0.3 is 0 Å². The van der Waals surface area contributed by atoms with Crippen LogP contribution in [0.15, 0.2) is 52.9 Å². The Morgan fingerprint density at radius 3 is 2.59 bits per heavy atom. The molecule has 0 unspecified atom stereocenters. The average Bonchev–Trinajstić information content (AvgIpc) is 3.34. The molecule has 0 fully saturated rings. The Balaban J connectivity index is 1.44. The summed E-state index contributed by atoms with van der Waals surface area (Å²) >= 11 is 2.81. The number of benzene rings is 2. The van der Waals surface area contributed by atoms with Crippen LogP contribution in [-0.2, 0) is 0 Å². The lowest BCUT2D eigenvalue weighted by atomic mass is 10.1. The normalized spacial score (nSPS) is 11.0. The molecule has 0 radical (unpaired) electrons. The van der Waals surface area contributed by atoms with Crippen molar-refractivity contribution in [2.45, 2.75) is 32.0 Å². The number of thioether (sulfide) groups is 1. The van der Waals surface area contributed by atoms with Crippen LogP contribution in [0.25, 0.3) is 5.69 Å². The van der Waals surface area contributed by atoms with Crippen molar-refractivity contribution in [2.24, 2.45) is 0 Å². The van der Waals surface area contributed by atoms with Crippen LogP contribution in [0.4, 0.5) is 15.2 Å². The van der Waals surface area contributed by atoms with Crippen molar-refractivity contribution in [3.05, 3.63) is 82.4 Å². The number of halogens is 1. The molecule has 1 N–H and O–H groups in total. The molecular formula is C24H23FN4OS2. The zero-order valence-electron chi connectivity index (χ0n) is 18.3. The summed E-state index contributed by atoms with van der Waals surface area (Å²) in [6.07, 6.45) is 0. The van der Waals surface area contributed by atoms with Crippen molar-refractivity contribution in [1.29, 1.82) is 0 Å². The number of carbonyl (C=O) groups is 1. The maximum atomic E-state index is 13.3. The van der Waals surface area contributed by atoms with Gasteiger partial charge in [0.15, 0.2) is 10.1 Å². The summed E-state index contributed by atoms with van der Waals surface area (Å²) in [4.78, 5) is 12.9. The van der Waals surface area contributed by atoms with E-state index in [1.807, 2.05) is 36.6 Å². The van der Waals surface area contributed by atoms with Gasteiger partial charge in [0.1, 0.15) is 5.82 Å². The summed E-state index contributed by atoms with van der Waals surface area (Å²) in [6, 6.07) is 14.2. The summed E-state index contributed by atoms with van der Waals surface area (Å²) in [7, 11) is 0. The highest BCUT2D eigenvalue weighted by atomic mass is 32.2. The molecule has 0 aliphatic carbocycles. The number of Topliss-reactive ketones (excluding diaryl/α,β-unsaturated/α-hetero) is 1. The quantitative estimate of drug-likeness (QED) is 0.252. The van der Waals surface area contributed by atoms with E-state index in [0.717, 1.165) is 27.1 Å². The van der Waals surface area contributed by atoms with Crippen molar-refractivity contribution in [2.75, 3.05) is 11.1 Å². The molecule has 0 saturated carbocycles. The number of aromatic nitrogens is 3. The molecule has 0 saturated heterocycles. The second kappa shape index (κ2) is 9.26. The van der Waals surface area contributed by atoms with Gasteiger partial charge in [-0.1, -0.05) is 35.2 Å². The lowest BCUT2D eigenvalue weighted by Gasteiger charge is -2.09. The summed E-state index contributed by atoms with van der Waals surface area (Å²) in [5, 5.41) is 12.4. The number of rotatable bonds is 7. The second-order valence-electron chi connectivity index (χ2n) is 7.55. The van der Waals surface area contributed by atoms with E-state index in [2.05, 4.69) is 35.4 Å². The van der Waals surface area contributed by atoms with Gasteiger partial charge in [0, 0.05) is 28.3 Å². The van der Waals surface area contributed by atoms with E-state index < -0.39 is 0 Å². The molecule has 0 amide bonds. The van der Waals surface area contributed by atoms with E-state index in [1.54, 1.807) is 12.1 Å². The first-order valence-electron chi connectivity index (χ1n) is 10.1. The molecule has 8 heteroatoms. The minimum atomic E-state index is -0.285. The first kappa shape index (κ1) is 22.2. The summed E-state index contributed by atoms with van der Waals surface area (Å²) in [5.41, 5.74) is 6.65. The van der Waals surface area contributed by atoms with Gasteiger partial charge in [-0.05, 0) is 75.2 Å². The van der Waals surface area contributed by atoms with E-state index in [9.17, 15) is 9.18 Å². The van der Waals surface area contributed by atoms with Crippen LogP contribution >= 0.6 is 23.1 Å². The van der Waals surface area contributed by atoms with Crippen LogP contribution in [0.1, 0.15) is 32.9 Å². The zero-order valence-corrected chi connectivity index (χ0v) is 19.9. The molecule has 0 aliphatic heterocycles. The Hall–Kier alpha value is -2.97. The maximum Gasteiger partial charge on any atom is 0.210 e. The van der Waals surface area contributed by atoms with Gasteiger partial charge in [0.2, 0.25) is 5.13 Å². The Labute approximate surface area is 194 Å². The predicted octanol–water partition coefficient (Wildman–Crippen LogP) is 6.42. The molecule has 164 valence electrons. The predicted molar refractivity (Wildman–Crippen MR) is 129 cm³/mol. The molecule has 4 rings (SSSR count). The van der Waals surface area contributed by atoms with E-state index in [1.165, 1.54) is 46.4 Å². The van der Waals surface area contributed by atoms with Crippen LogP contribution in [-0.4, -0.2) is 26.3 Å². The molecule has 0 bridgehead atoms. The Morgan fingerprint density at radius 1 is 1.09 bits per heavy atom. The van der Waals surface area contributed by atoms with Crippen LogP contribution in [0.3, 0.4) is 0 Å². The summed E-state index contributed by atoms with van der Waals surface area (Å²) in [6.45, 7) is 7.98. The SMILES string of the molecule is Cc1cccc(Nc2nnc(SCC(=O)c3cc(C)n(-c4ccc(F)cc4)c3C)s2)c1C. The molecule has 2 aromatic heterocycles. The van der Waals surface area contributed by atoms with E-state index in [4.69, 9.17) is 0 Å². The number of anilines is 2. The Bertz CT molecular complexity index is 1280. The molecule has 0 aliphatic rings. The number of ketones is 1. The monoisotopic (exact) mass is 466 g/mol. The molecule has 2 heterocycles. The first-order chi connectivity index (χ1) is 15.3. The average molecular weight is 467 g/mol. The third-order valence-corrected chi connectivity index (χ3v) is 7.37. The van der Waals surface area contributed by atoms with Gasteiger partial charge in [-0.3, -0.25) is 4.79 Å². The van der Waals surface area contributed by atoms with Gasteiger partial charge < -0.3 is 9.88 Å². The summed E-state index contributed by atoms with van der Waals surface area (Å²) < 4.78 is 16.0. The maximum absolute atomic E-state index is 13.3. The lowest BCUT2D eigenvalue weighted by molar-refractivity contribution is 0.102. The smallest absolute Gasteiger partial charge is 0.210 e. The fourth-order valence-corrected chi connectivity index (χ4v) is 5.21. The topological polar surface area (TPSA) is 59.8 Å². The van der Waals surface area contributed by atoms with Crippen LogP contribution in [0.2, 0.25) is 0 Å².